The second-order valence-electron chi connectivity index (χ2n) is 7.23. The lowest BCUT2D eigenvalue weighted by Crippen LogP contribution is -2.03. The van der Waals surface area contributed by atoms with Crippen LogP contribution < -0.4 is 5.32 Å². The number of H-pyrrole nitrogens is 1. The smallest absolute Gasteiger partial charge is 0.256 e. The summed E-state index contributed by atoms with van der Waals surface area (Å²) in [5.41, 5.74) is 8.62. The third-order valence-corrected chi connectivity index (χ3v) is 5.99. The van der Waals surface area contributed by atoms with Crippen LogP contribution in [0.3, 0.4) is 0 Å². The summed E-state index contributed by atoms with van der Waals surface area (Å²) in [4.78, 5) is 20.7. The van der Waals surface area contributed by atoms with E-state index in [1.54, 1.807) is 11.3 Å². The Labute approximate surface area is 173 Å². The quantitative estimate of drug-likeness (QED) is 0.422. The molecule has 0 unspecified atom stereocenters. The van der Waals surface area contributed by atoms with E-state index in [-0.39, 0.29) is 5.91 Å². The monoisotopic (exact) mass is 397 g/mol. The second-order valence-corrected chi connectivity index (χ2v) is 8.08. The number of aromatic amines is 1. The first-order chi connectivity index (χ1) is 14.1. The summed E-state index contributed by atoms with van der Waals surface area (Å²) in [6.45, 7) is 4.06. The van der Waals surface area contributed by atoms with E-state index in [1.807, 2.05) is 56.3 Å². The lowest BCUT2D eigenvalue weighted by molar-refractivity contribution is -0.110. The zero-order chi connectivity index (χ0) is 20.0. The van der Waals surface area contributed by atoms with Crippen LogP contribution in [0, 0.1) is 13.8 Å². The molecule has 4 aromatic rings. The number of thiazole rings is 1. The largest absolute Gasteiger partial charge is 0.359 e. The van der Waals surface area contributed by atoms with E-state index in [9.17, 15) is 4.79 Å². The Bertz CT molecular complexity index is 1260. The summed E-state index contributed by atoms with van der Waals surface area (Å²) in [6, 6.07) is 18.3. The van der Waals surface area contributed by atoms with Gasteiger partial charge in [0, 0.05) is 39.1 Å². The fourth-order valence-corrected chi connectivity index (χ4v) is 4.49. The minimum atomic E-state index is -0.0768. The Morgan fingerprint density at radius 1 is 1.00 bits per heavy atom. The molecule has 2 aromatic carbocycles. The zero-order valence-corrected chi connectivity index (χ0v) is 16.9. The summed E-state index contributed by atoms with van der Waals surface area (Å²) in [5.74, 6) is -0.0768. The van der Waals surface area contributed by atoms with Crippen molar-refractivity contribution in [2.75, 3.05) is 5.32 Å². The molecule has 5 heteroatoms. The van der Waals surface area contributed by atoms with Gasteiger partial charge in [-0.25, -0.2) is 4.98 Å². The van der Waals surface area contributed by atoms with Crippen molar-refractivity contribution in [3.05, 3.63) is 82.5 Å². The summed E-state index contributed by atoms with van der Waals surface area (Å²) in [6.07, 6.45) is 1.93. The van der Waals surface area contributed by atoms with E-state index in [0.717, 1.165) is 50.0 Å². The SMILES string of the molecule is Cc1cc(C)c(/C=C2\C(=O)Nc3ccc(-c4csc(-c5ccccc5)n4)cc32)[nH]1. The third kappa shape index (κ3) is 3.19. The van der Waals surface area contributed by atoms with Crippen molar-refractivity contribution in [3.63, 3.8) is 0 Å². The Morgan fingerprint density at radius 2 is 1.83 bits per heavy atom. The van der Waals surface area contributed by atoms with Crippen molar-refractivity contribution in [2.24, 2.45) is 0 Å². The van der Waals surface area contributed by atoms with Gasteiger partial charge in [-0.15, -0.1) is 11.3 Å². The highest BCUT2D eigenvalue weighted by Gasteiger charge is 2.25. The van der Waals surface area contributed by atoms with Gasteiger partial charge in [0.15, 0.2) is 0 Å². The molecule has 1 aliphatic heterocycles. The third-order valence-electron chi connectivity index (χ3n) is 5.10. The van der Waals surface area contributed by atoms with Crippen molar-refractivity contribution < 1.29 is 4.79 Å². The van der Waals surface area contributed by atoms with Gasteiger partial charge in [0.25, 0.3) is 5.91 Å². The number of aryl methyl sites for hydroxylation is 2. The maximum atomic E-state index is 12.6. The maximum Gasteiger partial charge on any atom is 0.256 e. The first-order valence-corrected chi connectivity index (χ1v) is 10.3. The van der Waals surface area contributed by atoms with Crippen molar-refractivity contribution in [1.82, 2.24) is 9.97 Å². The molecule has 2 aromatic heterocycles. The number of aromatic nitrogens is 2. The molecular weight excluding hydrogens is 378 g/mol. The molecule has 4 nitrogen and oxygen atoms in total. The van der Waals surface area contributed by atoms with Crippen molar-refractivity contribution in [2.45, 2.75) is 13.8 Å². The molecule has 1 amide bonds. The molecule has 0 fully saturated rings. The van der Waals surface area contributed by atoms with Crippen LogP contribution in [0.25, 0.3) is 33.5 Å². The maximum absolute atomic E-state index is 12.6. The normalized spacial score (nSPS) is 14.3. The van der Waals surface area contributed by atoms with Gasteiger partial charge in [0.05, 0.1) is 11.3 Å². The van der Waals surface area contributed by atoms with Crippen LogP contribution in [0.15, 0.2) is 60.0 Å². The van der Waals surface area contributed by atoms with E-state index in [2.05, 4.69) is 33.9 Å². The Balaban J connectivity index is 1.55. The summed E-state index contributed by atoms with van der Waals surface area (Å²) in [5, 5.41) is 6.02. The lowest BCUT2D eigenvalue weighted by Gasteiger charge is -2.03. The van der Waals surface area contributed by atoms with Gasteiger partial charge in [-0.1, -0.05) is 36.4 Å². The predicted octanol–water partition coefficient (Wildman–Crippen LogP) is 5.91. The number of amides is 1. The van der Waals surface area contributed by atoms with Crippen molar-refractivity contribution in [3.8, 4) is 21.8 Å². The molecule has 0 saturated carbocycles. The molecule has 142 valence electrons. The highest BCUT2D eigenvalue weighted by atomic mass is 32.1. The molecule has 5 rings (SSSR count). The first kappa shape index (κ1) is 17.6. The lowest BCUT2D eigenvalue weighted by atomic mass is 10.0. The Kier molecular flexibility index (Phi) is 4.18. The standard InChI is InChI=1S/C24H19N3OS/c1-14-10-15(2)25-21(14)12-19-18-11-17(8-9-20(18)26-23(19)28)22-13-29-24(27-22)16-6-4-3-5-7-16/h3-13,25H,1-2H3,(H,26,28)/b19-12-. The molecule has 0 saturated heterocycles. The van der Waals surface area contributed by atoms with Crippen molar-refractivity contribution in [1.29, 1.82) is 0 Å². The molecular formula is C24H19N3OS. The summed E-state index contributed by atoms with van der Waals surface area (Å²) in [7, 11) is 0. The number of benzene rings is 2. The average Bonchev–Trinajstić information content (AvgIpc) is 3.41. The molecule has 1 aliphatic rings. The minimum absolute atomic E-state index is 0.0768. The molecule has 29 heavy (non-hydrogen) atoms. The van der Waals surface area contributed by atoms with Crippen LogP contribution in [0.4, 0.5) is 5.69 Å². The highest BCUT2D eigenvalue weighted by molar-refractivity contribution is 7.13. The van der Waals surface area contributed by atoms with Gasteiger partial charge in [-0.05, 0) is 43.7 Å². The molecule has 0 atom stereocenters. The number of carbonyl (C=O) groups is 1. The number of nitrogens with zero attached hydrogens (tertiary/aromatic N) is 1. The van der Waals surface area contributed by atoms with Crippen LogP contribution in [-0.4, -0.2) is 15.9 Å². The van der Waals surface area contributed by atoms with E-state index in [0.29, 0.717) is 5.57 Å². The predicted molar refractivity (Wildman–Crippen MR) is 120 cm³/mol. The highest BCUT2D eigenvalue weighted by Crippen LogP contribution is 2.37. The van der Waals surface area contributed by atoms with E-state index < -0.39 is 0 Å². The van der Waals surface area contributed by atoms with E-state index >= 15 is 0 Å². The molecule has 0 bridgehead atoms. The number of carbonyl (C=O) groups excluding carboxylic acids is 1. The second kappa shape index (κ2) is 6.87. The van der Waals surface area contributed by atoms with Gasteiger partial charge in [0.1, 0.15) is 5.01 Å². The van der Waals surface area contributed by atoms with Gasteiger partial charge in [0.2, 0.25) is 0 Å². The average molecular weight is 398 g/mol. The molecule has 0 spiro atoms. The Hall–Kier alpha value is -3.44. The number of hydrogen-bond acceptors (Lipinski definition) is 3. The van der Waals surface area contributed by atoms with E-state index in [4.69, 9.17) is 4.98 Å². The minimum Gasteiger partial charge on any atom is -0.359 e. The van der Waals surface area contributed by atoms with Crippen LogP contribution in [0.2, 0.25) is 0 Å². The molecule has 3 heterocycles. The number of nitrogens with one attached hydrogen (secondary N) is 2. The number of fused-ring (bicyclic) bond motifs is 1. The Morgan fingerprint density at radius 3 is 2.59 bits per heavy atom. The van der Waals surface area contributed by atoms with Gasteiger partial charge < -0.3 is 10.3 Å². The van der Waals surface area contributed by atoms with Gasteiger partial charge in [-0.2, -0.15) is 0 Å². The number of rotatable bonds is 3. The number of hydrogen-bond donors (Lipinski definition) is 2. The fraction of sp³-hybridized carbons (Fsp3) is 0.0833. The topological polar surface area (TPSA) is 57.8 Å². The van der Waals surface area contributed by atoms with Crippen molar-refractivity contribution >= 4 is 34.6 Å². The van der Waals surface area contributed by atoms with Gasteiger partial charge >= 0.3 is 0 Å². The van der Waals surface area contributed by atoms with Crippen LogP contribution in [0.5, 0.6) is 0 Å². The van der Waals surface area contributed by atoms with E-state index in [1.165, 1.54) is 0 Å². The van der Waals surface area contributed by atoms with Crippen LogP contribution >= 0.6 is 11.3 Å². The molecule has 0 radical (unpaired) electrons. The van der Waals surface area contributed by atoms with Gasteiger partial charge in [-0.3, -0.25) is 4.79 Å². The first-order valence-electron chi connectivity index (χ1n) is 9.43. The summed E-state index contributed by atoms with van der Waals surface area (Å²) < 4.78 is 0. The molecule has 2 N–H and O–H groups in total. The number of anilines is 1. The van der Waals surface area contributed by atoms with Crippen LogP contribution in [-0.2, 0) is 4.79 Å². The fourth-order valence-electron chi connectivity index (χ4n) is 3.65. The summed E-state index contributed by atoms with van der Waals surface area (Å²) >= 11 is 1.63. The zero-order valence-electron chi connectivity index (χ0n) is 16.1. The molecule has 0 aliphatic carbocycles. The van der Waals surface area contributed by atoms with Crippen LogP contribution in [0.1, 0.15) is 22.5 Å².